The third-order valence-corrected chi connectivity index (χ3v) is 4.45. The predicted molar refractivity (Wildman–Crippen MR) is 99.1 cm³/mol. The smallest absolute Gasteiger partial charge is 0.238 e. The van der Waals surface area contributed by atoms with Crippen molar-refractivity contribution in [2.24, 2.45) is 0 Å². The highest BCUT2D eigenvalue weighted by atomic mass is 35.5. The van der Waals surface area contributed by atoms with Gasteiger partial charge in [-0.15, -0.1) is 0 Å². The van der Waals surface area contributed by atoms with Gasteiger partial charge in [-0.05, 0) is 31.5 Å². The van der Waals surface area contributed by atoms with Crippen LogP contribution in [-0.2, 0) is 4.79 Å². The van der Waals surface area contributed by atoms with Gasteiger partial charge in [0.1, 0.15) is 0 Å². The van der Waals surface area contributed by atoms with Crippen LogP contribution in [0.3, 0.4) is 0 Å². The highest BCUT2D eigenvalue weighted by molar-refractivity contribution is 6.31. The first-order valence-corrected chi connectivity index (χ1v) is 8.55. The van der Waals surface area contributed by atoms with Crippen LogP contribution in [0.5, 0.6) is 11.5 Å². The predicted octanol–water partition coefficient (Wildman–Crippen LogP) is 3.56. The summed E-state index contributed by atoms with van der Waals surface area (Å²) in [6.07, 6.45) is 0. The molecule has 0 fully saturated rings. The maximum Gasteiger partial charge on any atom is 0.238 e. The molecular weight excluding hydrogens is 356 g/mol. The Kier molecular flexibility index (Phi) is 5.44. The van der Waals surface area contributed by atoms with E-state index in [0.717, 1.165) is 5.56 Å². The number of carbonyl (C=O) groups is 2. The Morgan fingerprint density at radius 3 is 2.58 bits per heavy atom. The third-order valence-electron chi connectivity index (χ3n) is 4.11. The number of amides is 1. The maximum atomic E-state index is 12.3. The third kappa shape index (κ3) is 3.98. The van der Waals surface area contributed by atoms with Gasteiger partial charge >= 0.3 is 0 Å². The fourth-order valence-corrected chi connectivity index (χ4v) is 3.01. The molecule has 0 aromatic heterocycles. The van der Waals surface area contributed by atoms with E-state index < -0.39 is 0 Å². The van der Waals surface area contributed by atoms with E-state index >= 15 is 0 Å². The van der Waals surface area contributed by atoms with Gasteiger partial charge in [-0.1, -0.05) is 29.8 Å². The van der Waals surface area contributed by atoms with Gasteiger partial charge in [0.05, 0.1) is 12.2 Å². The van der Waals surface area contributed by atoms with Gasteiger partial charge < -0.3 is 20.1 Å². The number of rotatable bonds is 6. The normalized spacial score (nSPS) is 13.3. The van der Waals surface area contributed by atoms with Crippen LogP contribution in [0.2, 0.25) is 5.02 Å². The molecule has 0 aliphatic carbocycles. The lowest BCUT2D eigenvalue weighted by atomic mass is 10.1. The first-order valence-electron chi connectivity index (χ1n) is 8.18. The number of carbonyl (C=O) groups excluding carboxylic acids is 2. The largest absolute Gasteiger partial charge is 0.454 e. The van der Waals surface area contributed by atoms with Crippen molar-refractivity contribution in [1.29, 1.82) is 0 Å². The lowest BCUT2D eigenvalue weighted by Crippen LogP contribution is -2.30. The minimum Gasteiger partial charge on any atom is -0.454 e. The van der Waals surface area contributed by atoms with Gasteiger partial charge in [-0.25, -0.2) is 0 Å². The van der Waals surface area contributed by atoms with Crippen molar-refractivity contribution in [3.8, 4) is 11.5 Å². The van der Waals surface area contributed by atoms with E-state index in [9.17, 15) is 9.59 Å². The zero-order chi connectivity index (χ0) is 18.7. The summed E-state index contributed by atoms with van der Waals surface area (Å²) in [6, 6.07) is 10.6. The minimum absolute atomic E-state index is 0.0676. The van der Waals surface area contributed by atoms with Crippen molar-refractivity contribution in [3.05, 3.63) is 52.5 Å². The Bertz CT molecular complexity index is 853. The van der Waals surface area contributed by atoms with Crippen LogP contribution in [0.15, 0.2) is 36.4 Å². The van der Waals surface area contributed by atoms with Crippen molar-refractivity contribution < 1.29 is 19.1 Å². The molecule has 0 spiro atoms. The minimum atomic E-state index is -0.273. The Labute approximate surface area is 156 Å². The summed E-state index contributed by atoms with van der Waals surface area (Å²) in [5, 5.41) is 6.52. The van der Waals surface area contributed by atoms with Gasteiger partial charge in [-0.2, -0.15) is 0 Å². The molecule has 2 N–H and O–H groups in total. The number of anilines is 1. The lowest BCUT2D eigenvalue weighted by molar-refractivity contribution is -0.115. The number of ketones is 1. The summed E-state index contributed by atoms with van der Waals surface area (Å²) in [6.45, 7) is 3.53. The van der Waals surface area contributed by atoms with E-state index in [0.29, 0.717) is 27.8 Å². The zero-order valence-electron chi connectivity index (χ0n) is 14.5. The van der Waals surface area contributed by atoms with Gasteiger partial charge in [0.15, 0.2) is 17.3 Å². The SMILES string of the molecule is CC(=O)c1cc2c(cc1NC(=O)CN[C@H](C)c1ccccc1Cl)OCO2. The molecule has 0 saturated carbocycles. The lowest BCUT2D eigenvalue weighted by Gasteiger charge is -2.16. The molecule has 1 amide bonds. The second kappa shape index (κ2) is 7.76. The number of hydrogen-bond donors (Lipinski definition) is 2. The fraction of sp³-hybridized carbons (Fsp3) is 0.263. The van der Waals surface area contributed by atoms with Gasteiger partial charge in [0.25, 0.3) is 0 Å². The first-order chi connectivity index (χ1) is 12.5. The van der Waals surface area contributed by atoms with Gasteiger partial charge in [-0.3, -0.25) is 9.59 Å². The Morgan fingerprint density at radius 1 is 1.19 bits per heavy atom. The van der Waals surface area contributed by atoms with Gasteiger partial charge in [0.2, 0.25) is 12.7 Å². The maximum absolute atomic E-state index is 12.3. The monoisotopic (exact) mass is 374 g/mol. The number of benzene rings is 2. The van der Waals surface area contributed by atoms with E-state index in [1.807, 2.05) is 25.1 Å². The zero-order valence-corrected chi connectivity index (χ0v) is 15.2. The molecule has 1 heterocycles. The highest BCUT2D eigenvalue weighted by Crippen LogP contribution is 2.37. The molecule has 3 rings (SSSR count). The molecule has 136 valence electrons. The average molecular weight is 375 g/mol. The van der Waals surface area contributed by atoms with Crippen LogP contribution in [0.4, 0.5) is 5.69 Å². The highest BCUT2D eigenvalue weighted by Gasteiger charge is 2.20. The van der Waals surface area contributed by atoms with E-state index in [2.05, 4.69) is 10.6 Å². The van der Waals surface area contributed by atoms with Crippen molar-refractivity contribution >= 4 is 29.0 Å². The second-order valence-electron chi connectivity index (χ2n) is 5.98. The van der Waals surface area contributed by atoms with Gasteiger partial charge in [0, 0.05) is 22.7 Å². The molecule has 6 nitrogen and oxygen atoms in total. The number of Topliss-reactive ketones (excluding diaryl/α,β-unsaturated/α-hetero) is 1. The van der Waals surface area contributed by atoms with E-state index in [-0.39, 0.29) is 31.1 Å². The molecule has 26 heavy (non-hydrogen) atoms. The Balaban J connectivity index is 1.67. The summed E-state index contributed by atoms with van der Waals surface area (Å²) in [5.41, 5.74) is 1.69. The molecule has 1 aliphatic heterocycles. The molecule has 0 bridgehead atoms. The van der Waals surface area contributed by atoms with E-state index in [1.165, 1.54) is 6.92 Å². The van der Waals surface area contributed by atoms with Crippen molar-refractivity contribution in [1.82, 2.24) is 5.32 Å². The van der Waals surface area contributed by atoms with Crippen LogP contribution < -0.4 is 20.1 Å². The molecular formula is C19H19ClN2O4. The molecule has 0 unspecified atom stereocenters. The molecule has 0 radical (unpaired) electrons. The summed E-state index contributed by atoms with van der Waals surface area (Å²) in [7, 11) is 0. The quantitative estimate of drug-likeness (QED) is 0.756. The summed E-state index contributed by atoms with van der Waals surface area (Å²) in [4.78, 5) is 24.2. The number of ether oxygens (including phenoxy) is 2. The number of hydrogen-bond acceptors (Lipinski definition) is 5. The van der Waals surface area contributed by atoms with Crippen LogP contribution in [0.1, 0.15) is 35.8 Å². The fourth-order valence-electron chi connectivity index (χ4n) is 2.71. The molecule has 1 atom stereocenters. The topological polar surface area (TPSA) is 76.7 Å². The average Bonchev–Trinajstić information content (AvgIpc) is 3.06. The summed E-state index contributed by atoms with van der Waals surface area (Å²) >= 11 is 6.17. The number of halogens is 1. The van der Waals surface area contributed by atoms with Crippen LogP contribution >= 0.6 is 11.6 Å². The number of fused-ring (bicyclic) bond motifs is 1. The Morgan fingerprint density at radius 2 is 1.88 bits per heavy atom. The summed E-state index contributed by atoms with van der Waals surface area (Å²) < 4.78 is 10.6. The molecule has 2 aromatic carbocycles. The Hall–Kier alpha value is -2.57. The van der Waals surface area contributed by atoms with Crippen LogP contribution in [0, 0.1) is 0 Å². The van der Waals surface area contributed by atoms with Crippen LogP contribution in [-0.4, -0.2) is 25.0 Å². The number of nitrogens with one attached hydrogen (secondary N) is 2. The van der Waals surface area contributed by atoms with E-state index in [1.54, 1.807) is 18.2 Å². The summed E-state index contributed by atoms with van der Waals surface area (Å²) in [5.74, 6) is 0.558. The standard InChI is InChI=1S/C19H19ClN2O4/c1-11(13-5-3-4-6-15(13)20)21-9-19(24)22-16-8-18-17(25-10-26-18)7-14(16)12(2)23/h3-8,11,21H,9-10H2,1-2H3,(H,22,24)/t11-/m1/s1. The second-order valence-corrected chi connectivity index (χ2v) is 6.39. The first kappa shape index (κ1) is 18.2. The van der Waals surface area contributed by atoms with Crippen LogP contribution in [0.25, 0.3) is 0 Å². The molecule has 0 saturated heterocycles. The molecule has 2 aromatic rings. The van der Waals surface area contributed by atoms with Crippen molar-refractivity contribution in [2.75, 3.05) is 18.7 Å². The van der Waals surface area contributed by atoms with Crippen molar-refractivity contribution in [2.45, 2.75) is 19.9 Å². The van der Waals surface area contributed by atoms with E-state index in [4.69, 9.17) is 21.1 Å². The van der Waals surface area contributed by atoms with Crippen molar-refractivity contribution in [3.63, 3.8) is 0 Å². The molecule has 1 aliphatic rings. The molecule has 7 heteroatoms.